The summed E-state index contributed by atoms with van der Waals surface area (Å²) in [7, 11) is 0. The number of aryl methyl sites for hydroxylation is 1. The fourth-order valence-corrected chi connectivity index (χ4v) is 1.94. The molecule has 3 nitrogen and oxygen atoms in total. The highest BCUT2D eigenvalue weighted by Crippen LogP contribution is 2.21. The van der Waals surface area contributed by atoms with Crippen molar-refractivity contribution in [1.29, 1.82) is 0 Å². The molecule has 0 radical (unpaired) electrons. The fraction of sp³-hybridized carbons (Fsp3) is 0.357. The molecular formula is C14H16FN3. The standard InChI is InChI=1S/C14H16FN3/c1-9-6-10(2-5-12(9)15)13-7-17-14(18-13)8-16-11-3-4-11/h2,5-7,11,16H,3-4,8H2,1H3,(H,17,18). The van der Waals surface area contributed by atoms with Gasteiger partial charge < -0.3 is 10.3 Å². The van der Waals surface area contributed by atoms with Crippen molar-refractivity contribution < 1.29 is 4.39 Å². The zero-order chi connectivity index (χ0) is 12.5. The zero-order valence-electron chi connectivity index (χ0n) is 10.3. The van der Waals surface area contributed by atoms with E-state index in [2.05, 4.69) is 15.3 Å². The summed E-state index contributed by atoms with van der Waals surface area (Å²) < 4.78 is 13.2. The lowest BCUT2D eigenvalue weighted by atomic mass is 10.1. The van der Waals surface area contributed by atoms with Crippen molar-refractivity contribution in [1.82, 2.24) is 15.3 Å². The summed E-state index contributed by atoms with van der Waals surface area (Å²) in [4.78, 5) is 7.60. The van der Waals surface area contributed by atoms with Gasteiger partial charge in [-0.05, 0) is 43.5 Å². The minimum absolute atomic E-state index is 0.172. The van der Waals surface area contributed by atoms with Crippen LogP contribution in [0, 0.1) is 12.7 Å². The highest BCUT2D eigenvalue weighted by atomic mass is 19.1. The summed E-state index contributed by atoms with van der Waals surface area (Å²) in [6, 6.07) is 5.77. The normalized spacial score (nSPS) is 15.0. The van der Waals surface area contributed by atoms with Crippen LogP contribution in [0.4, 0.5) is 4.39 Å². The molecule has 0 bridgehead atoms. The summed E-state index contributed by atoms with van der Waals surface area (Å²) in [5.41, 5.74) is 2.56. The number of benzene rings is 1. The van der Waals surface area contributed by atoms with Gasteiger partial charge in [0.25, 0.3) is 0 Å². The van der Waals surface area contributed by atoms with Gasteiger partial charge in [0.05, 0.1) is 18.4 Å². The molecule has 0 atom stereocenters. The van der Waals surface area contributed by atoms with E-state index < -0.39 is 0 Å². The van der Waals surface area contributed by atoms with E-state index in [-0.39, 0.29) is 5.82 Å². The zero-order valence-corrected chi connectivity index (χ0v) is 10.3. The molecule has 0 aliphatic heterocycles. The number of imidazole rings is 1. The Morgan fingerprint density at radius 2 is 2.28 bits per heavy atom. The van der Waals surface area contributed by atoms with Crippen LogP contribution in [0.2, 0.25) is 0 Å². The van der Waals surface area contributed by atoms with E-state index in [0.717, 1.165) is 23.6 Å². The second kappa shape index (κ2) is 4.53. The smallest absolute Gasteiger partial charge is 0.126 e. The number of hydrogen-bond donors (Lipinski definition) is 2. The van der Waals surface area contributed by atoms with Crippen LogP contribution in [0.1, 0.15) is 24.2 Å². The summed E-state index contributed by atoms with van der Waals surface area (Å²) in [5, 5.41) is 3.40. The average molecular weight is 245 g/mol. The number of H-pyrrole nitrogens is 1. The van der Waals surface area contributed by atoms with Crippen LogP contribution in [0.25, 0.3) is 11.3 Å². The Bertz CT molecular complexity index is 558. The molecule has 2 aromatic rings. The number of halogens is 1. The van der Waals surface area contributed by atoms with Crippen molar-refractivity contribution in [2.75, 3.05) is 0 Å². The Balaban J connectivity index is 1.76. The quantitative estimate of drug-likeness (QED) is 0.869. The van der Waals surface area contributed by atoms with Crippen LogP contribution in [0.5, 0.6) is 0 Å². The molecule has 1 aromatic heterocycles. The molecule has 0 spiro atoms. The van der Waals surface area contributed by atoms with Crippen LogP contribution >= 0.6 is 0 Å². The molecule has 2 N–H and O–H groups in total. The van der Waals surface area contributed by atoms with Crippen molar-refractivity contribution in [3.63, 3.8) is 0 Å². The van der Waals surface area contributed by atoms with E-state index in [9.17, 15) is 4.39 Å². The maximum absolute atomic E-state index is 13.2. The Morgan fingerprint density at radius 1 is 1.44 bits per heavy atom. The van der Waals surface area contributed by atoms with Gasteiger partial charge in [-0.25, -0.2) is 9.37 Å². The first-order valence-corrected chi connectivity index (χ1v) is 6.26. The summed E-state index contributed by atoms with van der Waals surface area (Å²) in [6.07, 6.45) is 4.34. The van der Waals surface area contributed by atoms with Gasteiger partial charge in [0.15, 0.2) is 0 Å². The molecule has 1 aliphatic carbocycles. The predicted molar refractivity (Wildman–Crippen MR) is 68.6 cm³/mol. The van der Waals surface area contributed by atoms with Crippen LogP contribution < -0.4 is 5.32 Å². The first-order chi connectivity index (χ1) is 8.72. The lowest BCUT2D eigenvalue weighted by Crippen LogP contribution is -2.16. The van der Waals surface area contributed by atoms with E-state index >= 15 is 0 Å². The van der Waals surface area contributed by atoms with Crippen LogP contribution in [-0.4, -0.2) is 16.0 Å². The molecule has 3 rings (SSSR count). The molecule has 4 heteroatoms. The van der Waals surface area contributed by atoms with Gasteiger partial charge in [0.1, 0.15) is 11.6 Å². The number of aromatic amines is 1. The first kappa shape index (κ1) is 11.4. The largest absolute Gasteiger partial charge is 0.341 e. The van der Waals surface area contributed by atoms with Crippen LogP contribution in [0.15, 0.2) is 24.4 Å². The van der Waals surface area contributed by atoms with Gasteiger partial charge in [-0.1, -0.05) is 0 Å². The molecule has 18 heavy (non-hydrogen) atoms. The highest BCUT2D eigenvalue weighted by Gasteiger charge is 2.20. The van der Waals surface area contributed by atoms with Crippen molar-refractivity contribution in [3.8, 4) is 11.3 Å². The number of rotatable bonds is 4. The van der Waals surface area contributed by atoms with Crippen molar-refractivity contribution >= 4 is 0 Å². The Kier molecular flexibility index (Phi) is 2.88. The maximum Gasteiger partial charge on any atom is 0.126 e. The molecule has 0 unspecified atom stereocenters. The van der Waals surface area contributed by atoms with E-state index in [0.29, 0.717) is 11.6 Å². The third-order valence-corrected chi connectivity index (χ3v) is 3.23. The fourth-order valence-electron chi connectivity index (χ4n) is 1.94. The van der Waals surface area contributed by atoms with E-state index in [1.165, 1.54) is 18.9 Å². The SMILES string of the molecule is Cc1cc(-c2cnc(CNC3CC3)[nH]2)ccc1F. The highest BCUT2D eigenvalue weighted by molar-refractivity contribution is 5.59. The predicted octanol–water partition coefficient (Wildman–Crippen LogP) is 2.78. The number of nitrogens with zero attached hydrogens (tertiary/aromatic N) is 1. The number of hydrogen-bond acceptors (Lipinski definition) is 2. The minimum atomic E-state index is -0.172. The third-order valence-electron chi connectivity index (χ3n) is 3.23. The van der Waals surface area contributed by atoms with Crippen LogP contribution in [-0.2, 0) is 6.54 Å². The molecule has 1 aromatic carbocycles. The van der Waals surface area contributed by atoms with Gasteiger partial charge in [0, 0.05) is 11.6 Å². The third kappa shape index (κ3) is 2.43. The second-order valence-electron chi connectivity index (χ2n) is 4.86. The van der Waals surface area contributed by atoms with Gasteiger partial charge in [-0.3, -0.25) is 0 Å². The molecule has 0 amide bonds. The average Bonchev–Trinajstić information content (AvgIpc) is 3.08. The van der Waals surface area contributed by atoms with E-state index in [4.69, 9.17) is 0 Å². The molecular weight excluding hydrogens is 229 g/mol. The van der Waals surface area contributed by atoms with Gasteiger partial charge in [-0.15, -0.1) is 0 Å². The molecule has 1 fully saturated rings. The minimum Gasteiger partial charge on any atom is -0.341 e. The molecule has 0 saturated heterocycles. The van der Waals surface area contributed by atoms with Crippen LogP contribution in [0.3, 0.4) is 0 Å². The van der Waals surface area contributed by atoms with Gasteiger partial charge in [-0.2, -0.15) is 0 Å². The second-order valence-corrected chi connectivity index (χ2v) is 4.86. The molecule has 1 aliphatic rings. The molecule has 1 saturated carbocycles. The monoisotopic (exact) mass is 245 g/mol. The first-order valence-electron chi connectivity index (χ1n) is 6.26. The van der Waals surface area contributed by atoms with Gasteiger partial charge in [0.2, 0.25) is 0 Å². The van der Waals surface area contributed by atoms with Crippen molar-refractivity contribution in [3.05, 3.63) is 41.6 Å². The van der Waals surface area contributed by atoms with Crippen molar-refractivity contribution in [2.24, 2.45) is 0 Å². The number of nitrogens with one attached hydrogen (secondary N) is 2. The lowest BCUT2D eigenvalue weighted by Gasteiger charge is -2.01. The maximum atomic E-state index is 13.2. The molecule has 94 valence electrons. The molecule has 1 heterocycles. The van der Waals surface area contributed by atoms with Crippen molar-refractivity contribution in [2.45, 2.75) is 32.4 Å². The Labute approximate surface area is 105 Å². The summed E-state index contributed by atoms with van der Waals surface area (Å²) in [6.45, 7) is 2.54. The Hall–Kier alpha value is -1.68. The summed E-state index contributed by atoms with van der Waals surface area (Å²) >= 11 is 0. The topological polar surface area (TPSA) is 40.7 Å². The van der Waals surface area contributed by atoms with E-state index in [1.807, 2.05) is 6.07 Å². The Morgan fingerprint density at radius 3 is 3.00 bits per heavy atom. The van der Waals surface area contributed by atoms with Gasteiger partial charge >= 0.3 is 0 Å². The van der Waals surface area contributed by atoms with E-state index in [1.54, 1.807) is 19.2 Å². The number of aromatic nitrogens is 2. The lowest BCUT2D eigenvalue weighted by molar-refractivity contribution is 0.619. The summed E-state index contributed by atoms with van der Waals surface area (Å²) in [5.74, 6) is 0.757.